The van der Waals surface area contributed by atoms with Crippen molar-refractivity contribution in [2.45, 2.75) is 19.8 Å². The van der Waals surface area contributed by atoms with Gasteiger partial charge in [-0.1, -0.05) is 19.1 Å². The topological polar surface area (TPSA) is 55.6 Å². The molecule has 1 aromatic carbocycles. The Morgan fingerprint density at radius 3 is 2.75 bits per heavy atom. The Morgan fingerprint density at radius 1 is 1.45 bits per heavy atom. The Balaban J connectivity index is 2.83. The molecule has 0 spiro atoms. The number of nitrogens with zero attached hydrogens (tertiary/aromatic N) is 1. The lowest BCUT2D eigenvalue weighted by molar-refractivity contribution is -0.119. The number of benzene rings is 1. The van der Waals surface area contributed by atoms with Crippen molar-refractivity contribution in [2.75, 3.05) is 31.7 Å². The van der Waals surface area contributed by atoms with Crippen LogP contribution < -0.4 is 10.6 Å². The van der Waals surface area contributed by atoms with Crippen LogP contribution in [0, 0.1) is 11.7 Å². The molecule has 0 heterocycles. The van der Waals surface area contributed by atoms with Gasteiger partial charge in [0, 0.05) is 26.7 Å². The maximum atomic E-state index is 13.9. The smallest absolute Gasteiger partial charge is 0.227 e. The van der Waals surface area contributed by atoms with E-state index in [1.807, 2.05) is 6.92 Å². The molecular weight excluding hydrogens is 259 g/mol. The Hall–Kier alpha value is -1.46. The zero-order valence-electron chi connectivity index (χ0n) is 12.1. The first-order chi connectivity index (χ1) is 9.60. The van der Waals surface area contributed by atoms with Gasteiger partial charge < -0.3 is 15.4 Å². The molecule has 1 amide bonds. The molecule has 0 aliphatic rings. The first-order valence-corrected chi connectivity index (χ1v) is 6.84. The van der Waals surface area contributed by atoms with Gasteiger partial charge in [-0.3, -0.25) is 4.79 Å². The minimum atomic E-state index is -0.391. The van der Waals surface area contributed by atoms with Crippen molar-refractivity contribution < 1.29 is 13.9 Å². The molecule has 1 aromatic rings. The average molecular weight is 282 g/mol. The number of methoxy groups -OCH3 is 1. The summed E-state index contributed by atoms with van der Waals surface area (Å²) in [6.07, 6.45) is 0.964. The SMILES string of the molecule is COCC(C)CC(=O)N(CCCN)c1ccccc1F. The second kappa shape index (κ2) is 8.66. The highest BCUT2D eigenvalue weighted by molar-refractivity contribution is 5.93. The molecule has 0 saturated carbocycles. The number of carbonyl (C=O) groups is 1. The van der Waals surface area contributed by atoms with Crippen LogP contribution in [0.3, 0.4) is 0 Å². The molecule has 0 saturated heterocycles. The zero-order valence-corrected chi connectivity index (χ0v) is 12.1. The van der Waals surface area contributed by atoms with Gasteiger partial charge in [0.2, 0.25) is 5.91 Å². The number of halogens is 1. The van der Waals surface area contributed by atoms with E-state index in [4.69, 9.17) is 10.5 Å². The summed E-state index contributed by atoms with van der Waals surface area (Å²) in [5.41, 5.74) is 5.81. The van der Waals surface area contributed by atoms with Gasteiger partial charge >= 0.3 is 0 Å². The van der Waals surface area contributed by atoms with Crippen molar-refractivity contribution in [2.24, 2.45) is 11.7 Å². The molecule has 1 rings (SSSR count). The summed E-state index contributed by atoms with van der Waals surface area (Å²) in [7, 11) is 1.60. The lowest BCUT2D eigenvalue weighted by Crippen LogP contribution is -2.35. The largest absolute Gasteiger partial charge is 0.384 e. The highest BCUT2D eigenvalue weighted by atomic mass is 19.1. The number of amides is 1. The molecule has 0 aliphatic carbocycles. The maximum Gasteiger partial charge on any atom is 0.227 e. The number of rotatable bonds is 8. The highest BCUT2D eigenvalue weighted by Crippen LogP contribution is 2.21. The van der Waals surface area contributed by atoms with Crippen molar-refractivity contribution >= 4 is 11.6 Å². The van der Waals surface area contributed by atoms with Crippen LogP contribution >= 0.6 is 0 Å². The summed E-state index contributed by atoms with van der Waals surface area (Å²) < 4.78 is 18.9. The van der Waals surface area contributed by atoms with Crippen molar-refractivity contribution in [3.8, 4) is 0 Å². The second-order valence-corrected chi connectivity index (χ2v) is 4.90. The zero-order chi connectivity index (χ0) is 15.0. The molecular formula is C15H23FN2O2. The minimum absolute atomic E-state index is 0.0969. The Labute approximate surface area is 119 Å². The van der Waals surface area contributed by atoms with Crippen LogP contribution in [0.1, 0.15) is 19.8 Å². The quantitative estimate of drug-likeness (QED) is 0.795. The van der Waals surface area contributed by atoms with E-state index >= 15 is 0 Å². The van der Waals surface area contributed by atoms with Crippen LogP contribution in [0.5, 0.6) is 0 Å². The fraction of sp³-hybridized carbons (Fsp3) is 0.533. The molecule has 0 radical (unpaired) electrons. The van der Waals surface area contributed by atoms with Gasteiger partial charge in [0.15, 0.2) is 0 Å². The maximum absolute atomic E-state index is 13.9. The summed E-state index contributed by atoms with van der Waals surface area (Å²) in [5.74, 6) is -0.398. The van der Waals surface area contributed by atoms with Gasteiger partial charge in [-0.25, -0.2) is 4.39 Å². The third kappa shape index (κ3) is 4.90. The van der Waals surface area contributed by atoms with E-state index in [0.717, 1.165) is 0 Å². The molecule has 20 heavy (non-hydrogen) atoms. The number of hydrogen-bond donors (Lipinski definition) is 1. The van der Waals surface area contributed by atoms with Crippen LogP contribution in [0.15, 0.2) is 24.3 Å². The average Bonchev–Trinajstić information content (AvgIpc) is 2.41. The number of para-hydroxylation sites is 1. The molecule has 1 unspecified atom stereocenters. The fourth-order valence-electron chi connectivity index (χ4n) is 2.05. The fourth-order valence-corrected chi connectivity index (χ4v) is 2.05. The Bertz CT molecular complexity index is 426. The summed E-state index contributed by atoms with van der Waals surface area (Å²) in [5, 5.41) is 0. The van der Waals surface area contributed by atoms with E-state index in [0.29, 0.717) is 38.2 Å². The van der Waals surface area contributed by atoms with E-state index < -0.39 is 5.82 Å². The van der Waals surface area contributed by atoms with E-state index in [-0.39, 0.29) is 11.8 Å². The van der Waals surface area contributed by atoms with Gasteiger partial charge in [-0.05, 0) is 31.0 Å². The molecule has 4 nitrogen and oxygen atoms in total. The van der Waals surface area contributed by atoms with E-state index in [1.165, 1.54) is 11.0 Å². The second-order valence-electron chi connectivity index (χ2n) is 4.90. The molecule has 2 N–H and O–H groups in total. The first kappa shape index (κ1) is 16.6. The number of ether oxygens (including phenoxy) is 1. The molecule has 0 bridgehead atoms. The van der Waals surface area contributed by atoms with E-state index in [1.54, 1.807) is 25.3 Å². The number of carbonyl (C=O) groups excluding carboxylic acids is 1. The van der Waals surface area contributed by atoms with Crippen LogP contribution in [0.25, 0.3) is 0 Å². The number of hydrogen-bond acceptors (Lipinski definition) is 3. The Kier molecular flexibility index (Phi) is 7.18. The molecule has 112 valence electrons. The number of nitrogens with two attached hydrogens (primary N) is 1. The lowest BCUT2D eigenvalue weighted by Gasteiger charge is -2.24. The van der Waals surface area contributed by atoms with Gasteiger partial charge in [-0.15, -0.1) is 0 Å². The number of anilines is 1. The van der Waals surface area contributed by atoms with Crippen LogP contribution in [-0.4, -0.2) is 32.7 Å². The van der Waals surface area contributed by atoms with Crippen molar-refractivity contribution in [1.29, 1.82) is 0 Å². The van der Waals surface area contributed by atoms with E-state index in [2.05, 4.69) is 0 Å². The molecule has 1 atom stereocenters. The lowest BCUT2D eigenvalue weighted by atomic mass is 10.1. The monoisotopic (exact) mass is 282 g/mol. The Morgan fingerprint density at radius 2 is 2.15 bits per heavy atom. The van der Waals surface area contributed by atoms with Crippen LogP contribution in [-0.2, 0) is 9.53 Å². The summed E-state index contributed by atoms with van der Waals surface area (Å²) in [6.45, 7) is 3.33. The summed E-state index contributed by atoms with van der Waals surface area (Å²) in [4.78, 5) is 13.8. The third-order valence-corrected chi connectivity index (χ3v) is 3.00. The molecule has 0 aromatic heterocycles. The van der Waals surface area contributed by atoms with Crippen LogP contribution in [0.4, 0.5) is 10.1 Å². The highest BCUT2D eigenvalue weighted by Gasteiger charge is 2.20. The predicted molar refractivity (Wildman–Crippen MR) is 78.1 cm³/mol. The standard InChI is InChI=1S/C15H23FN2O2/c1-12(11-20-2)10-15(19)18(9-5-8-17)14-7-4-3-6-13(14)16/h3-4,6-7,12H,5,8-11,17H2,1-2H3. The predicted octanol–water partition coefficient (Wildman–Crippen LogP) is 2.18. The summed E-state index contributed by atoms with van der Waals surface area (Å²) >= 11 is 0. The van der Waals surface area contributed by atoms with Gasteiger partial charge in [0.05, 0.1) is 5.69 Å². The van der Waals surface area contributed by atoms with Crippen LogP contribution in [0.2, 0.25) is 0 Å². The van der Waals surface area contributed by atoms with Gasteiger partial charge in [0.1, 0.15) is 5.82 Å². The van der Waals surface area contributed by atoms with E-state index in [9.17, 15) is 9.18 Å². The molecule has 5 heteroatoms. The minimum Gasteiger partial charge on any atom is -0.384 e. The normalized spacial score (nSPS) is 12.2. The first-order valence-electron chi connectivity index (χ1n) is 6.84. The van der Waals surface area contributed by atoms with Gasteiger partial charge in [0.25, 0.3) is 0 Å². The molecule has 0 aliphatic heterocycles. The summed E-state index contributed by atoms with van der Waals surface area (Å²) in [6, 6.07) is 6.30. The van der Waals surface area contributed by atoms with Crippen molar-refractivity contribution in [3.63, 3.8) is 0 Å². The van der Waals surface area contributed by atoms with Crippen molar-refractivity contribution in [3.05, 3.63) is 30.1 Å². The molecule has 0 fully saturated rings. The van der Waals surface area contributed by atoms with Crippen molar-refractivity contribution in [1.82, 2.24) is 0 Å². The third-order valence-electron chi connectivity index (χ3n) is 3.00. The van der Waals surface area contributed by atoms with Gasteiger partial charge in [-0.2, -0.15) is 0 Å².